The summed E-state index contributed by atoms with van der Waals surface area (Å²) < 4.78 is 46.7. The zero-order valence-electron chi connectivity index (χ0n) is 12.5. The van der Waals surface area contributed by atoms with E-state index in [4.69, 9.17) is 21.9 Å². The van der Waals surface area contributed by atoms with Crippen LogP contribution in [0.1, 0.15) is 30.2 Å². The minimum absolute atomic E-state index is 0.0215. The molecule has 130 valence electrons. The van der Waals surface area contributed by atoms with Crippen molar-refractivity contribution in [3.05, 3.63) is 35.1 Å². The lowest BCUT2D eigenvalue weighted by Crippen LogP contribution is -2.09. The van der Waals surface area contributed by atoms with Gasteiger partial charge in [-0.05, 0) is 18.9 Å². The average Bonchev–Trinajstić information content (AvgIpc) is 3.26. The van der Waals surface area contributed by atoms with Crippen LogP contribution in [0.5, 0.6) is 0 Å². The van der Waals surface area contributed by atoms with E-state index in [0.717, 1.165) is 17.5 Å². The van der Waals surface area contributed by atoms with Gasteiger partial charge in [-0.1, -0.05) is 16.8 Å². The molecule has 0 amide bonds. The van der Waals surface area contributed by atoms with E-state index in [2.05, 4.69) is 20.2 Å². The molecule has 3 aromatic heterocycles. The Morgan fingerprint density at radius 2 is 1.88 bits per heavy atom. The number of halogens is 4. The Morgan fingerprint density at radius 1 is 1.20 bits per heavy atom. The second-order valence-electron chi connectivity index (χ2n) is 5.55. The van der Waals surface area contributed by atoms with E-state index >= 15 is 0 Å². The summed E-state index contributed by atoms with van der Waals surface area (Å²) in [6, 6.07) is 1.52. The molecule has 0 radical (unpaired) electrons. The van der Waals surface area contributed by atoms with Crippen molar-refractivity contribution in [1.82, 2.24) is 24.9 Å². The first-order valence-corrected chi connectivity index (χ1v) is 7.64. The summed E-state index contributed by atoms with van der Waals surface area (Å²) in [5, 5.41) is 7.00. The third kappa shape index (κ3) is 2.62. The monoisotopic (exact) mass is 370 g/mol. The molecule has 1 fully saturated rings. The third-order valence-electron chi connectivity index (χ3n) is 3.81. The molecule has 0 atom stereocenters. The van der Waals surface area contributed by atoms with Gasteiger partial charge in [-0.3, -0.25) is 0 Å². The highest BCUT2D eigenvalue weighted by atomic mass is 35.5. The lowest BCUT2D eigenvalue weighted by molar-refractivity contribution is -0.140. The molecule has 0 spiro atoms. The first kappa shape index (κ1) is 15.9. The molecule has 3 aromatic rings. The molecule has 1 saturated carbocycles. The van der Waals surface area contributed by atoms with Crippen LogP contribution in [0.15, 0.2) is 23.0 Å². The minimum Gasteiger partial charge on any atom is -0.383 e. The highest BCUT2D eigenvalue weighted by molar-refractivity contribution is 6.32. The zero-order valence-corrected chi connectivity index (χ0v) is 13.2. The zero-order chi connectivity index (χ0) is 17.8. The van der Waals surface area contributed by atoms with Crippen molar-refractivity contribution in [3.63, 3.8) is 0 Å². The third-order valence-corrected chi connectivity index (χ3v) is 4.06. The highest BCUT2D eigenvalue weighted by Crippen LogP contribution is 2.50. The van der Waals surface area contributed by atoms with Crippen molar-refractivity contribution in [3.8, 4) is 17.1 Å². The Balaban J connectivity index is 1.99. The van der Waals surface area contributed by atoms with Crippen molar-refractivity contribution in [2.45, 2.75) is 24.9 Å². The minimum atomic E-state index is -4.76. The van der Waals surface area contributed by atoms with Crippen LogP contribution in [-0.2, 0) is 6.18 Å². The predicted molar refractivity (Wildman–Crippen MR) is 81.1 cm³/mol. The molecule has 0 aromatic carbocycles. The van der Waals surface area contributed by atoms with E-state index in [-0.39, 0.29) is 39.7 Å². The Morgan fingerprint density at radius 3 is 2.48 bits per heavy atom. The van der Waals surface area contributed by atoms with Crippen molar-refractivity contribution < 1.29 is 17.7 Å². The standard InChI is InChI=1S/C14H10ClF3N6O/c15-11-7(9(25-23-11)6-2-3-6)8-10(14(16,17)18)22-24(12(8)19)13-20-4-1-5-21-13/h1,4-6H,2-3,19H2. The number of aromatic nitrogens is 5. The van der Waals surface area contributed by atoms with Crippen LogP contribution in [-0.4, -0.2) is 24.9 Å². The van der Waals surface area contributed by atoms with E-state index in [1.807, 2.05) is 0 Å². The summed E-state index contributed by atoms with van der Waals surface area (Å²) >= 11 is 6.00. The lowest BCUT2D eigenvalue weighted by atomic mass is 10.0. The molecule has 0 aliphatic heterocycles. The van der Waals surface area contributed by atoms with Crippen LogP contribution in [0.2, 0.25) is 5.15 Å². The van der Waals surface area contributed by atoms with Crippen LogP contribution >= 0.6 is 11.6 Å². The quantitative estimate of drug-likeness (QED) is 0.758. The molecule has 0 unspecified atom stereocenters. The fourth-order valence-corrected chi connectivity index (χ4v) is 2.78. The number of hydrogen-bond donors (Lipinski definition) is 1. The van der Waals surface area contributed by atoms with Gasteiger partial charge in [0.05, 0.1) is 11.1 Å². The molecular weight excluding hydrogens is 361 g/mol. The first-order valence-electron chi connectivity index (χ1n) is 7.26. The normalized spacial score (nSPS) is 14.9. The summed E-state index contributed by atoms with van der Waals surface area (Å²) in [4.78, 5) is 7.78. The smallest absolute Gasteiger partial charge is 0.383 e. The molecule has 0 saturated heterocycles. The summed E-state index contributed by atoms with van der Waals surface area (Å²) in [5.74, 6) is -0.106. The Hall–Kier alpha value is -2.62. The summed E-state index contributed by atoms with van der Waals surface area (Å²) in [7, 11) is 0. The van der Waals surface area contributed by atoms with E-state index < -0.39 is 11.9 Å². The Labute approximate surface area is 143 Å². The van der Waals surface area contributed by atoms with Crippen LogP contribution in [0.25, 0.3) is 17.1 Å². The summed E-state index contributed by atoms with van der Waals surface area (Å²) in [6.07, 6.45) is -0.437. The van der Waals surface area contributed by atoms with Crippen molar-refractivity contribution in [2.75, 3.05) is 5.73 Å². The van der Waals surface area contributed by atoms with Gasteiger partial charge in [-0.2, -0.15) is 23.0 Å². The Bertz CT molecular complexity index is 932. The molecule has 3 heterocycles. The van der Waals surface area contributed by atoms with Crippen molar-refractivity contribution >= 4 is 17.4 Å². The van der Waals surface area contributed by atoms with Gasteiger partial charge in [0.15, 0.2) is 10.8 Å². The van der Waals surface area contributed by atoms with Gasteiger partial charge in [-0.25, -0.2) is 9.97 Å². The number of rotatable bonds is 3. The van der Waals surface area contributed by atoms with E-state index in [9.17, 15) is 13.2 Å². The molecule has 11 heteroatoms. The van der Waals surface area contributed by atoms with Gasteiger partial charge >= 0.3 is 6.18 Å². The lowest BCUT2D eigenvalue weighted by Gasteiger charge is -2.06. The van der Waals surface area contributed by atoms with Crippen molar-refractivity contribution in [1.29, 1.82) is 0 Å². The van der Waals surface area contributed by atoms with E-state index in [1.165, 1.54) is 18.5 Å². The van der Waals surface area contributed by atoms with Crippen LogP contribution in [0, 0.1) is 0 Å². The summed E-state index contributed by atoms with van der Waals surface area (Å²) in [6.45, 7) is 0. The molecule has 0 bridgehead atoms. The van der Waals surface area contributed by atoms with Gasteiger partial charge in [0.1, 0.15) is 11.6 Å². The van der Waals surface area contributed by atoms with Crippen molar-refractivity contribution in [2.24, 2.45) is 0 Å². The maximum Gasteiger partial charge on any atom is 0.435 e. The SMILES string of the molecule is Nc1c(-c2c(Cl)noc2C2CC2)c(C(F)(F)F)nn1-c1ncccn1. The fraction of sp³-hybridized carbons (Fsp3) is 0.286. The number of anilines is 1. The highest BCUT2D eigenvalue weighted by Gasteiger charge is 2.43. The molecule has 2 N–H and O–H groups in total. The maximum atomic E-state index is 13.6. The first-order chi connectivity index (χ1) is 11.9. The number of alkyl halides is 3. The largest absolute Gasteiger partial charge is 0.435 e. The number of nitrogens with two attached hydrogens (primary N) is 1. The topological polar surface area (TPSA) is 95.7 Å². The van der Waals surface area contributed by atoms with Gasteiger partial charge in [0.2, 0.25) is 0 Å². The second-order valence-corrected chi connectivity index (χ2v) is 5.91. The molecular formula is C14H10ClF3N6O. The fourth-order valence-electron chi connectivity index (χ4n) is 2.56. The van der Waals surface area contributed by atoms with Crippen LogP contribution in [0.3, 0.4) is 0 Å². The van der Waals surface area contributed by atoms with Gasteiger partial charge in [0, 0.05) is 18.3 Å². The number of nitrogen functional groups attached to an aromatic ring is 1. The molecule has 4 rings (SSSR count). The van der Waals surface area contributed by atoms with Gasteiger partial charge in [0.25, 0.3) is 5.95 Å². The molecule has 1 aliphatic rings. The van der Waals surface area contributed by atoms with Gasteiger partial charge in [-0.15, -0.1) is 0 Å². The Kier molecular flexibility index (Phi) is 3.46. The molecule has 7 nitrogen and oxygen atoms in total. The predicted octanol–water partition coefficient (Wildman–Crippen LogP) is 3.45. The van der Waals surface area contributed by atoms with Crippen LogP contribution in [0.4, 0.5) is 19.0 Å². The molecule has 25 heavy (non-hydrogen) atoms. The van der Waals surface area contributed by atoms with Gasteiger partial charge < -0.3 is 10.3 Å². The number of nitrogens with zero attached hydrogens (tertiary/aromatic N) is 5. The van der Waals surface area contributed by atoms with E-state index in [1.54, 1.807) is 0 Å². The molecule has 1 aliphatic carbocycles. The van der Waals surface area contributed by atoms with Crippen LogP contribution < -0.4 is 5.73 Å². The summed E-state index contributed by atoms with van der Waals surface area (Å²) in [5.41, 5.74) is 4.44. The number of hydrogen-bond acceptors (Lipinski definition) is 6. The maximum absolute atomic E-state index is 13.6. The second kappa shape index (κ2) is 5.45. The van der Waals surface area contributed by atoms with E-state index in [0.29, 0.717) is 0 Å². The average molecular weight is 371 g/mol.